The molecule has 0 heterocycles. The first kappa shape index (κ1) is 19.8. The second-order valence-corrected chi connectivity index (χ2v) is 9.11. The van der Waals surface area contributed by atoms with Gasteiger partial charge in [-0.15, -0.1) is 5.11 Å². The van der Waals surface area contributed by atoms with Crippen LogP contribution in [0.3, 0.4) is 0 Å². The Bertz CT molecular complexity index is 1070. The fraction of sp³-hybridized carbons (Fsp3) is 0.182. The Labute approximate surface area is 166 Å². The zero-order valence-electron chi connectivity index (χ0n) is 16.1. The fourth-order valence-electron chi connectivity index (χ4n) is 2.59. The van der Waals surface area contributed by atoms with Gasteiger partial charge in [-0.25, -0.2) is 8.42 Å². The van der Waals surface area contributed by atoms with Crippen molar-refractivity contribution in [1.82, 2.24) is 0 Å². The monoisotopic (exact) mass is 393 g/mol. The van der Waals surface area contributed by atoms with Gasteiger partial charge in [0, 0.05) is 0 Å². The molecule has 0 saturated heterocycles. The summed E-state index contributed by atoms with van der Waals surface area (Å²) in [6.07, 6.45) is 0. The number of nitrogens with zero attached hydrogens (tertiary/aromatic N) is 2. The third-order valence-electron chi connectivity index (χ3n) is 4.21. The maximum atomic E-state index is 12.8. The minimum absolute atomic E-state index is 0.0415. The van der Waals surface area contributed by atoms with Crippen molar-refractivity contribution in [3.8, 4) is 0 Å². The van der Waals surface area contributed by atoms with Crippen LogP contribution in [0.4, 0.5) is 17.1 Å². The van der Waals surface area contributed by atoms with Crippen molar-refractivity contribution in [3.05, 3.63) is 84.4 Å². The first-order chi connectivity index (χ1) is 13.3. The number of nitrogens with one attached hydrogen (secondary N) is 1. The molecule has 6 heteroatoms. The van der Waals surface area contributed by atoms with Crippen molar-refractivity contribution in [2.75, 3.05) is 4.72 Å². The van der Waals surface area contributed by atoms with E-state index in [0.717, 1.165) is 5.56 Å². The average Bonchev–Trinajstić information content (AvgIpc) is 2.67. The van der Waals surface area contributed by atoms with Gasteiger partial charge in [-0.05, 0) is 47.4 Å². The molecule has 3 aromatic rings. The smallest absolute Gasteiger partial charge is 0.261 e. The van der Waals surface area contributed by atoms with E-state index in [1.54, 1.807) is 36.4 Å². The Balaban J connectivity index is 1.86. The molecule has 0 saturated carbocycles. The zero-order valence-corrected chi connectivity index (χ0v) is 16.9. The largest absolute Gasteiger partial charge is 0.277 e. The summed E-state index contributed by atoms with van der Waals surface area (Å²) in [5.41, 5.74) is 2.55. The predicted molar refractivity (Wildman–Crippen MR) is 113 cm³/mol. The lowest BCUT2D eigenvalue weighted by Crippen LogP contribution is -2.15. The van der Waals surface area contributed by atoms with Gasteiger partial charge in [0.25, 0.3) is 10.0 Å². The van der Waals surface area contributed by atoms with Gasteiger partial charge >= 0.3 is 0 Å². The van der Waals surface area contributed by atoms with E-state index in [-0.39, 0.29) is 10.3 Å². The average molecular weight is 394 g/mol. The third kappa shape index (κ3) is 4.84. The highest BCUT2D eigenvalue weighted by Gasteiger charge is 2.18. The van der Waals surface area contributed by atoms with Crippen LogP contribution in [0.1, 0.15) is 26.3 Å². The lowest BCUT2D eigenvalue weighted by molar-refractivity contribution is 0.587. The number of anilines is 1. The molecule has 3 rings (SSSR count). The normalized spacial score (nSPS) is 12.2. The fourth-order valence-corrected chi connectivity index (χ4v) is 3.67. The second-order valence-electron chi connectivity index (χ2n) is 7.43. The molecule has 0 radical (unpaired) electrons. The Hall–Kier alpha value is -2.99. The van der Waals surface area contributed by atoms with E-state index in [0.29, 0.717) is 17.1 Å². The minimum atomic E-state index is -3.73. The number of rotatable bonds is 5. The van der Waals surface area contributed by atoms with E-state index in [9.17, 15) is 8.42 Å². The lowest BCUT2D eigenvalue weighted by atomic mass is 9.87. The van der Waals surface area contributed by atoms with E-state index in [1.807, 2.05) is 42.5 Å². The van der Waals surface area contributed by atoms with Crippen LogP contribution in [-0.2, 0) is 15.4 Å². The molecule has 5 nitrogen and oxygen atoms in total. The molecule has 0 aliphatic carbocycles. The van der Waals surface area contributed by atoms with Crippen LogP contribution in [0.15, 0.2) is 94.0 Å². The van der Waals surface area contributed by atoms with Gasteiger partial charge in [-0.3, -0.25) is 4.72 Å². The SMILES string of the molecule is CC(C)(C)c1ccc(S(=O)(=O)Nc2ccccc2N=Nc2ccccc2)cc1. The molecule has 0 aromatic heterocycles. The van der Waals surface area contributed by atoms with Gasteiger partial charge in [0.1, 0.15) is 5.69 Å². The molecular weight excluding hydrogens is 370 g/mol. The second kappa shape index (κ2) is 7.94. The lowest BCUT2D eigenvalue weighted by Gasteiger charge is -2.19. The Morgan fingerprint density at radius 1 is 0.750 bits per heavy atom. The van der Waals surface area contributed by atoms with Crippen LogP contribution in [0.25, 0.3) is 0 Å². The van der Waals surface area contributed by atoms with Crippen molar-refractivity contribution in [1.29, 1.82) is 0 Å². The number of benzene rings is 3. The van der Waals surface area contributed by atoms with Crippen LogP contribution >= 0.6 is 0 Å². The molecule has 0 fully saturated rings. The maximum Gasteiger partial charge on any atom is 0.261 e. The van der Waals surface area contributed by atoms with E-state index >= 15 is 0 Å². The van der Waals surface area contributed by atoms with Crippen LogP contribution in [0.2, 0.25) is 0 Å². The summed E-state index contributed by atoms with van der Waals surface area (Å²) < 4.78 is 28.2. The quantitative estimate of drug-likeness (QED) is 0.524. The summed E-state index contributed by atoms with van der Waals surface area (Å²) in [6.45, 7) is 6.26. The van der Waals surface area contributed by atoms with Crippen LogP contribution < -0.4 is 4.72 Å². The molecule has 0 atom stereocenters. The van der Waals surface area contributed by atoms with E-state index in [1.165, 1.54) is 0 Å². The minimum Gasteiger partial charge on any atom is -0.277 e. The Morgan fingerprint density at radius 3 is 2.00 bits per heavy atom. The molecule has 0 unspecified atom stereocenters. The number of para-hydroxylation sites is 1. The highest BCUT2D eigenvalue weighted by atomic mass is 32.2. The van der Waals surface area contributed by atoms with Crippen LogP contribution in [0, 0.1) is 0 Å². The van der Waals surface area contributed by atoms with Gasteiger partial charge in [-0.1, -0.05) is 63.2 Å². The maximum absolute atomic E-state index is 12.8. The van der Waals surface area contributed by atoms with Crippen molar-refractivity contribution in [2.24, 2.45) is 10.2 Å². The highest BCUT2D eigenvalue weighted by molar-refractivity contribution is 7.92. The number of sulfonamides is 1. The summed E-state index contributed by atoms with van der Waals surface area (Å²) in [4.78, 5) is 0.204. The van der Waals surface area contributed by atoms with E-state index in [2.05, 4.69) is 35.7 Å². The molecule has 1 N–H and O–H groups in total. The first-order valence-electron chi connectivity index (χ1n) is 8.95. The van der Waals surface area contributed by atoms with Gasteiger partial charge < -0.3 is 0 Å². The van der Waals surface area contributed by atoms with E-state index in [4.69, 9.17) is 0 Å². The summed E-state index contributed by atoms with van der Waals surface area (Å²) in [5.74, 6) is 0. The van der Waals surface area contributed by atoms with Crippen LogP contribution in [-0.4, -0.2) is 8.42 Å². The molecule has 28 heavy (non-hydrogen) atoms. The molecule has 144 valence electrons. The number of hydrogen-bond donors (Lipinski definition) is 1. The van der Waals surface area contributed by atoms with Crippen molar-refractivity contribution in [3.63, 3.8) is 0 Å². The van der Waals surface area contributed by atoms with Gasteiger partial charge in [0.15, 0.2) is 0 Å². The van der Waals surface area contributed by atoms with Gasteiger partial charge in [0.2, 0.25) is 0 Å². The summed E-state index contributed by atoms with van der Waals surface area (Å²) in [6, 6.07) is 23.1. The van der Waals surface area contributed by atoms with Gasteiger partial charge in [-0.2, -0.15) is 5.11 Å². The van der Waals surface area contributed by atoms with E-state index < -0.39 is 10.0 Å². The van der Waals surface area contributed by atoms with Crippen LogP contribution in [0.5, 0.6) is 0 Å². The Morgan fingerprint density at radius 2 is 1.36 bits per heavy atom. The molecule has 3 aromatic carbocycles. The highest BCUT2D eigenvalue weighted by Crippen LogP contribution is 2.29. The molecule has 0 spiro atoms. The molecule has 0 bridgehead atoms. The molecule has 0 aliphatic rings. The summed E-state index contributed by atoms with van der Waals surface area (Å²) in [7, 11) is -3.73. The molecule has 0 aliphatic heterocycles. The number of azo groups is 1. The van der Waals surface area contributed by atoms with Crippen molar-refractivity contribution >= 4 is 27.1 Å². The van der Waals surface area contributed by atoms with Gasteiger partial charge in [0.05, 0.1) is 16.3 Å². The standard InChI is InChI=1S/C22H23N3O2S/c1-22(2,3)17-13-15-19(16-14-17)28(26,27)25-21-12-8-7-11-20(21)24-23-18-9-5-4-6-10-18/h4-16,25H,1-3H3. The predicted octanol–water partition coefficient (Wildman–Crippen LogP) is 6.20. The van der Waals surface area contributed by atoms with Crippen molar-refractivity contribution in [2.45, 2.75) is 31.1 Å². The zero-order chi connectivity index (χ0) is 20.2. The summed E-state index contributed by atoms with van der Waals surface area (Å²) in [5, 5.41) is 8.37. The topological polar surface area (TPSA) is 70.9 Å². The third-order valence-corrected chi connectivity index (χ3v) is 5.59. The molecule has 0 amide bonds. The Kier molecular flexibility index (Phi) is 5.61. The first-order valence-corrected chi connectivity index (χ1v) is 10.4. The van der Waals surface area contributed by atoms with Crippen molar-refractivity contribution < 1.29 is 8.42 Å². The number of hydrogen-bond acceptors (Lipinski definition) is 4. The summed E-state index contributed by atoms with van der Waals surface area (Å²) >= 11 is 0. The molecular formula is C22H23N3O2S.